The molecule has 1 amide bonds. The topological polar surface area (TPSA) is 41.6 Å². The molecule has 1 aliphatic carbocycles. The van der Waals surface area contributed by atoms with E-state index in [1.165, 1.54) is 0 Å². The average Bonchev–Trinajstić information content (AvgIpc) is 2.87. The highest BCUT2D eigenvalue weighted by atomic mass is 35.5. The van der Waals surface area contributed by atoms with E-state index in [1.54, 1.807) is 0 Å². The summed E-state index contributed by atoms with van der Waals surface area (Å²) < 4.78 is 4.41. The van der Waals surface area contributed by atoms with Crippen molar-refractivity contribution in [2.24, 2.45) is 5.41 Å². The van der Waals surface area contributed by atoms with Gasteiger partial charge in [-0.1, -0.05) is 0 Å². The summed E-state index contributed by atoms with van der Waals surface area (Å²) >= 11 is 11.9. The molecule has 0 spiro atoms. The number of carbonyl (C=O) groups is 1. The predicted octanol–water partition coefficient (Wildman–Crippen LogP) is 1.41. The molecular formula is C12H20Cl2N2O2. The number of morpholine rings is 1. The molecular weight excluding hydrogens is 275 g/mol. The molecule has 1 heterocycles. The van der Waals surface area contributed by atoms with Crippen LogP contribution in [0.25, 0.3) is 0 Å². The van der Waals surface area contributed by atoms with E-state index >= 15 is 0 Å². The van der Waals surface area contributed by atoms with Crippen LogP contribution in [-0.4, -0.2) is 54.5 Å². The Morgan fingerprint density at radius 1 is 1.39 bits per heavy atom. The van der Waals surface area contributed by atoms with Crippen molar-refractivity contribution in [1.82, 2.24) is 10.2 Å². The molecule has 1 unspecified atom stereocenters. The van der Waals surface area contributed by atoms with Crippen LogP contribution in [0, 0.1) is 5.41 Å². The molecule has 104 valence electrons. The van der Waals surface area contributed by atoms with Crippen molar-refractivity contribution in [2.75, 3.05) is 39.4 Å². The monoisotopic (exact) mass is 294 g/mol. The van der Waals surface area contributed by atoms with Crippen LogP contribution in [0.4, 0.5) is 0 Å². The van der Waals surface area contributed by atoms with Crippen LogP contribution in [0.3, 0.4) is 0 Å². The third kappa shape index (κ3) is 3.10. The van der Waals surface area contributed by atoms with Gasteiger partial charge in [0.25, 0.3) is 0 Å². The minimum atomic E-state index is -0.874. The lowest BCUT2D eigenvalue weighted by Crippen LogP contribution is -2.39. The summed E-state index contributed by atoms with van der Waals surface area (Å²) in [6.07, 6.45) is 1.48. The number of amides is 1. The summed E-state index contributed by atoms with van der Waals surface area (Å²) in [7, 11) is 0. The molecule has 0 aromatic rings. The van der Waals surface area contributed by atoms with E-state index in [-0.39, 0.29) is 5.91 Å². The van der Waals surface area contributed by atoms with Gasteiger partial charge in [-0.25, -0.2) is 0 Å². The van der Waals surface area contributed by atoms with Crippen molar-refractivity contribution in [3.8, 4) is 0 Å². The molecule has 6 heteroatoms. The van der Waals surface area contributed by atoms with Gasteiger partial charge in [-0.15, -0.1) is 23.2 Å². The Hall–Kier alpha value is -0.0300. The molecule has 1 saturated heterocycles. The Bertz CT molecular complexity index is 319. The van der Waals surface area contributed by atoms with Crippen LogP contribution in [0.15, 0.2) is 0 Å². The molecule has 1 atom stereocenters. The fourth-order valence-corrected chi connectivity index (χ4v) is 2.88. The van der Waals surface area contributed by atoms with E-state index in [2.05, 4.69) is 10.2 Å². The standard InChI is InChI=1S/C12H20Cl2N2O2/c1-11(9-12(11,13)14)10(17)15-3-2-4-16-5-7-18-8-6-16/h2-9H2,1H3,(H,15,17). The molecule has 2 fully saturated rings. The maximum Gasteiger partial charge on any atom is 0.229 e. The molecule has 1 aliphatic heterocycles. The number of hydrogen-bond acceptors (Lipinski definition) is 3. The number of alkyl halides is 2. The van der Waals surface area contributed by atoms with E-state index in [0.717, 1.165) is 39.3 Å². The van der Waals surface area contributed by atoms with Crippen LogP contribution in [0.1, 0.15) is 19.8 Å². The van der Waals surface area contributed by atoms with Crippen molar-refractivity contribution >= 4 is 29.1 Å². The Labute approximate surface area is 118 Å². The minimum Gasteiger partial charge on any atom is -0.379 e. The zero-order chi connectivity index (χ0) is 13.2. The lowest BCUT2D eigenvalue weighted by molar-refractivity contribution is -0.125. The van der Waals surface area contributed by atoms with Crippen molar-refractivity contribution in [2.45, 2.75) is 24.1 Å². The van der Waals surface area contributed by atoms with Crippen molar-refractivity contribution in [1.29, 1.82) is 0 Å². The van der Waals surface area contributed by atoms with E-state index in [1.807, 2.05) is 6.92 Å². The molecule has 4 nitrogen and oxygen atoms in total. The first-order valence-electron chi connectivity index (χ1n) is 6.42. The molecule has 0 aromatic heterocycles. The summed E-state index contributed by atoms with van der Waals surface area (Å²) in [5.41, 5.74) is -0.602. The van der Waals surface area contributed by atoms with E-state index in [9.17, 15) is 4.79 Å². The highest BCUT2D eigenvalue weighted by Crippen LogP contribution is 2.63. The minimum absolute atomic E-state index is 0.0329. The number of nitrogens with one attached hydrogen (secondary N) is 1. The predicted molar refractivity (Wildman–Crippen MR) is 72.0 cm³/mol. The van der Waals surface area contributed by atoms with Gasteiger partial charge in [-0.3, -0.25) is 9.69 Å². The fourth-order valence-electron chi connectivity index (χ4n) is 2.17. The first-order chi connectivity index (χ1) is 8.46. The normalized spacial score (nSPS) is 31.1. The number of halogens is 2. The molecule has 0 bridgehead atoms. The second-order valence-electron chi connectivity index (χ2n) is 5.28. The Balaban J connectivity index is 1.60. The molecule has 2 aliphatic rings. The smallest absolute Gasteiger partial charge is 0.229 e. The van der Waals surface area contributed by atoms with Gasteiger partial charge in [0.1, 0.15) is 4.33 Å². The first kappa shape index (κ1) is 14.4. The van der Waals surface area contributed by atoms with Gasteiger partial charge < -0.3 is 10.1 Å². The van der Waals surface area contributed by atoms with Crippen LogP contribution < -0.4 is 5.32 Å². The van der Waals surface area contributed by atoms with Gasteiger partial charge in [-0.2, -0.15) is 0 Å². The lowest BCUT2D eigenvalue weighted by atomic mass is 10.1. The molecule has 1 N–H and O–H groups in total. The van der Waals surface area contributed by atoms with Gasteiger partial charge in [0.2, 0.25) is 5.91 Å². The molecule has 0 radical (unpaired) electrons. The third-order valence-corrected chi connectivity index (χ3v) is 4.90. The fraction of sp³-hybridized carbons (Fsp3) is 0.917. The summed E-state index contributed by atoms with van der Waals surface area (Å²) in [4.78, 5) is 14.2. The SMILES string of the molecule is CC1(C(=O)NCCCN2CCOCC2)CC1(Cl)Cl. The molecule has 18 heavy (non-hydrogen) atoms. The summed E-state index contributed by atoms with van der Waals surface area (Å²) in [6, 6.07) is 0. The quantitative estimate of drug-likeness (QED) is 0.616. The maximum atomic E-state index is 11.9. The molecule has 1 saturated carbocycles. The summed E-state index contributed by atoms with van der Waals surface area (Å²) in [5, 5.41) is 2.91. The van der Waals surface area contributed by atoms with Crippen LogP contribution >= 0.6 is 23.2 Å². The number of ether oxygens (including phenoxy) is 1. The van der Waals surface area contributed by atoms with Gasteiger partial charge in [0.15, 0.2) is 0 Å². The van der Waals surface area contributed by atoms with E-state index < -0.39 is 9.75 Å². The van der Waals surface area contributed by atoms with Gasteiger partial charge >= 0.3 is 0 Å². The van der Waals surface area contributed by atoms with E-state index in [4.69, 9.17) is 27.9 Å². The molecule has 2 rings (SSSR count). The summed E-state index contributed by atoms with van der Waals surface area (Å²) in [6.45, 7) is 7.07. The number of carbonyl (C=O) groups excluding carboxylic acids is 1. The zero-order valence-electron chi connectivity index (χ0n) is 10.7. The average molecular weight is 295 g/mol. The van der Waals surface area contributed by atoms with Gasteiger partial charge in [0.05, 0.1) is 18.6 Å². The highest BCUT2D eigenvalue weighted by Gasteiger charge is 2.67. The largest absolute Gasteiger partial charge is 0.379 e. The third-order valence-electron chi connectivity index (χ3n) is 3.80. The second kappa shape index (κ2) is 5.53. The zero-order valence-corrected chi connectivity index (χ0v) is 12.2. The Morgan fingerprint density at radius 3 is 2.56 bits per heavy atom. The number of rotatable bonds is 5. The van der Waals surface area contributed by atoms with Crippen LogP contribution in [0.5, 0.6) is 0 Å². The highest BCUT2D eigenvalue weighted by molar-refractivity contribution is 6.53. The molecule has 0 aromatic carbocycles. The van der Waals surface area contributed by atoms with Gasteiger partial charge in [-0.05, 0) is 26.3 Å². The van der Waals surface area contributed by atoms with Crippen LogP contribution in [-0.2, 0) is 9.53 Å². The van der Waals surface area contributed by atoms with Crippen molar-refractivity contribution in [3.05, 3.63) is 0 Å². The number of nitrogens with zero attached hydrogens (tertiary/aromatic N) is 1. The Kier molecular flexibility index (Phi) is 4.42. The number of hydrogen-bond donors (Lipinski definition) is 1. The van der Waals surface area contributed by atoms with Crippen molar-refractivity contribution < 1.29 is 9.53 Å². The lowest BCUT2D eigenvalue weighted by Gasteiger charge is -2.26. The summed E-state index contributed by atoms with van der Waals surface area (Å²) in [5.74, 6) is -0.0329. The second-order valence-corrected chi connectivity index (χ2v) is 6.76. The first-order valence-corrected chi connectivity index (χ1v) is 7.17. The van der Waals surface area contributed by atoms with Crippen molar-refractivity contribution in [3.63, 3.8) is 0 Å². The Morgan fingerprint density at radius 2 is 2.00 bits per heavy atom. The van der Waals surface area contributed by atoms with Crippen LogP contribution in [0.2, 0.25) is 0 Å². The maximum absolute atomic E-state index is 11.9. The van der Waals surface area contributed by atoms with Gasteiger partial charge in [0, 0.05) is 19.6 Å². The van der Waals surface area contributed by atoms with E-state index in [0.29, 0.717) is 13.0 Å².